The molecule has 0 aliphatic heterocycles. The fourth-order valence-electron chi connectivity index (χ4n) is 6.85. The molecule has 0 N–H and O–H groups in total. The zero-order valence-electron chi connectivity index (χ0n) is 23.9. The first-order valence-electron chi connectivity index (χ1n) is 15.0. The molecule has 0 unspecified atom stereocenters. The smallest absolute Gasteiger partial charge is 0.0541 e. The minimum absolute atomic E-state index is 1.19. The third kappa shape index (κ3) is 3.85. The highest BCUT2D eigenvalue weighted by Gasteiger charge is 2.19. The summed E-state index contributed by atoms with van der Waals surface area (Å²) < 4.78 is 5.08. The lowest BCUT2D eigenvalue weighted by Crippen LogP contribution is -1.98. The van der Waals surface area contributed by atoms with Gasteiger partial charge in [0, 0.05) is 42.1 Å². The molecule has 2 heterocycles. The van der Waals surface area contributed by atoms with Crippen molar-refractivity contribution in [2.75, 3.05) is 0 Å². The van der Waals surface area contributed by atoms with Crippen molar-refractivity contribution in [3.05, 3.63) is 164 Å². The van der Waals surface area contributed by atoms with E-state index in [2.05, 4.69) is 168 Å². The van der Waals surface area contributed by atoms with Crippen LogP contribution in [0.5, 0.6) is 0 Å². The monoisotopic (exact) mass is 577 g/mol. The number of fused-ring (bicyclic) bond motifs is 6. The van der Waals surface area contributed by atoms with Crippen molar-refractivity contribution < 1.29 is 0 Å². The number of nitrogens with zero attached hydrogens (tertiary/aromatic N) is 1. The van der Waals surface area contributed by atoms with Crippen molar-refractivity contribution >= 4 is 53.3 Å². The molecule has 0 fully saturated rings. The number of para-hydroxylation sites is 3. The van der Waals surface area contributed by atoms with E-state index < -0.39 is 0 Å². The Morgan fingerprint density at radius 3 is 1.68 bits per heavy atom. The maximum Gasteiger partial charge on any atom is 0.0541 e. The molecule has 0 spiro atoms. The highest BCUT2D eigenvalue weighted by molar-refractivity contribution is 7.26. The first-order valence-corrected chi connectivity index (χ1v) is 15.8. The molecular weight excluding hydrogens is 551 g/mol. The van der Waals surface area contributed by atoms with Crippen LogP contribution >= 0.6 is 11.3 Å². The predicted molar refractivity (Wildman–Crippen MR) is 190 cm³/mol. The summed E-state index contributed by atoms with van der Waals surface area (Å²) in [4.78, 5) is 0. The second-order valence-corrected chi connectivity index (χ2v) is 12.3. The van der Waals surface area contributed by atoms with Gasteiger partial charge in [-0.3, -0.25) is 0 Å². The van der Waals surface area contributed by atoms with Crippen LogP contribution in [0.3, 0.4) is 0 Å². The summed E-state index contributed by atoms with van der Waals surface area (Å²) in [5.74, 6) is 0. The third-order valence-electron chi connectivity index (χ3n) is 8.84. The highest BCUT2D eigenvalue weighted by atomic mass is 32.1. The van der Waals surface area contributed by atoms with Crippen LogP contribution in [0.25, 0.3) is 81.0 Å². The van der Waals surface area contributed by atoms with Crippen molar-refractivity contribution in [3.63, 3.8) is 0 Å². The summed E-state index contributed by atoms with van der Waals surface area (Å²) in [7, 11) is 0. The molecule has 0 aliphatic rings. The SMILES string of the molecule is c1ccc(-c2ccc3sc4c(-c5ccccc5-c5ccccc5-n5c6ccccc6c6ccccc65)cccc4c3c2)cc1. The van der Waals surface area contributed by atoms with E-state index in [4.69, 9.17) is 0 Å². The van der Waals surface area contributed by atoms with Gasteiger partial charge in [-0.15, -0.1) is 11.3 Å². The Balaban J connectivity index is 1.27. The molecule has 1 nitrogen and oxygen atoms in total. The largest absolute Gasteiger partial charge is 0.309 e. The van der Waals surface area contributed by atoms with Gasteiger partial charge in [0.15, 0.2) is 0 Å². The van der Waals surface area contributed by atoms with E-state index in [0.29, 0.717) is 0 Å². The second-order valence-electron chi connectivity index (χ2n) is 11.3. The molecule has 2 aromatic heterocycles. The van der Waals surface area contributed by atoms with Crippen molar-refractivity contribution in [1.29, 1.82) is 0 Å². The molecule has 0 aliphatic carbocycles. The lowest BCUT2D eigenvalue weighted by Gasteiger charge is -2.17. The van der Waals surface area contributed by atoms with E-state index in [-0.39, 0.29) is 0 Å². The lowest BCUT2D eigenvalue weighted by molar-refractivity contribution is 1.18. The van der Waals surface area contributed by atoms with E-state index in [0.717, 1.165) is 0 Å². The fourth-order valence-corrected chi connectivity index (χ4v) is 8.06. The van der Waals surface area contributed by atoms with E-state index in [1.165, 1.54) is 81.0 Å². The van der Waals surface area contributed by atoms with E-state index in [9.17, 15) is 0 Å². The quantitative estimate of drug-likeness (QED) is 0.196. The van der Waals surface area contributed by atoms with Crippen LogP contribution in [0.1, 0.15) is 0 Å². The molecule has 44 heavy (non-hydrogen) atoms. The van der Waals surface area contributed by atoms with Gasteiger partial charge in [0.25, 0.3) is 0 Å². The molecule has 0 bridgehead atoms. The Bertz CT molecular complexity index is 2440. The Morgan fingerprint density at radius 2 is 0.932 bits per heavy atom. The zero-order valence-corrected chi connectivity index (χ0v) is 24.8. The first-order chi connectivity index (χ1) is 21.8. The van der Waals surface area contributed by atoms with Crippen LogP contribution in [0.2, 0.25) is 0 Å². The number of benzene rings is 7. The molecular formula is C42H27NS. The van der Waals surface area contributed by atoms with Gasteiger partial charge < -0.3 is 4.57 Å². The minimum Gasteiger partial charge on any atom is -0.309 e. The molecule has 0 saturated heterocycles. The Hall–Kier alpha value is -5.44. The molecule has 0 radical (unpaired) electrons. The summed E-state index contributed by atoms with van der Waals surface area (Å²) in [6.45, 7) is 0. The minimum atomic E-state index is 1.19. The molecule has 9 rings (SSSR count). The van der Waals surface area contributed by atoms with Gasteiger partial charge in [0.1, 0.15) is 0 Å². The molecule has 0 saturated carbocycles. The lowest BCUT2D eigenvalue weighted by atomic mass is 9.92. The van der Waals surface area contributed by atoms with Crippen LogP contribution in [0.15, 0.2) is 164 Å². The number of thiophene rings is 1. The van der Waals surface area contributed by atoms with Crippen molar-refractivity contribution in [1.82, 2.24) is 4.57 Å². The van der Waals surface area contributed by atoms with Crippen LogP contribution in [-0.2, 0) is 0 Å². The molecule has 2 heteroatoms. The molecule has 206 valence electrons. The van der Waals surface area contributed by atoms with E-state index >= 15 is 0 Å². The average Bonchev–Trinajstić information content (AvgIpc) is 3.64. The maximum absolute atomic E-state index is 2.43. The van der Waals surface area contributed by atoms with Gasteiger partial charge in [0.05, 0.1) is 16.7 Å². The van der Waals surface area contributed by atoms with E-state index in [1.54, 1.807) is 0 Å². The summed E-state index contributed by atoms with van der Waals surface area (Å²) in [5, 5.41) is 5.18. The standard InChI is InChI=1S/C42H27NS/c1-2-13-28(14-3-1)29-25-26-41-37(27-29)36-21-12-20-35(42(36)44-41)31-16-5-4-15-30(31)32-17-6-9-22-38(32)43-39-23-10-7-18-33(39)34-19-8-11-24-40(34)43/h1-27H. The normalized spacial score (nSPS) is 11.6. The summed E-state index contributed by atoms with van der Waals surface area (Å²) in [6.07, 6.45) is 0. The second kappa shape index (κ2) is 10.1. The highest BCUT2D eigenvalue weighted by Crippen LogP contribution is 2.45. The number of rotatable bonds is 4. The first kappa shape index (κ1) is 25.1. The summed E-state index contributed by atoms with van der Waals surface area (Å²) >= 11 is 1.89. The molecule has 9 aromatic rings. The maximum atomic E-state index is 2.43. The Labute approximate surface area is 259 Å². The Morgan fingerprint density at radius 1 is 0.364 bits per heavy atom. The zero-order chi connectivity index (χ0) is 29.0. The van der Waals surface area contributed by atoms with Gasteiger partial charge in [0.2, 0.25) is 0 Å². The van der Waals surface area contributed by atoms with Crippen LogP contribution in [0.4, 0.5) is 0 Å². The molecule has 0 amide bonds. The van der Waals surface area contributed by atoms with Crippen LogP contribution in [-0.4, -0.2) is 4.57 Å². The number of hydrogen-bond donors (Lipinski definition) is 0. The average molecular weight is 578 g/mol. The van der Waals surface area contributed by atoms with Crippen LogP contribution < -0.4 is 0 Å². The molecule has 7 aromatic carbocycles. The van der Waals surface area contributed by atoms with Gasteiger partial charge >= 0.3 is 0 Å². The summed E-state index contributed by atoms with van der Waals surface area (Å²) in [6, 6.07) is 59.6. The topological polar surface area (TPSA) is 4.93 Å². The summed E-state index contributed by atoms with van der Waals surface area (Å²) in [5.41, 5.74) is 11.1. The van der Waals surface area contributed by atoms with Gasteiger partial charge in [-0.05, 0) is 52.6 Å². The van der Waals surface area contributed by atoms with Crippen molar-refractivity contribution in [2.24, 2.45) is 0 Å². The van der Waals surface area contributed by atoms with Gasteiger partial charge in [-0.25, -0.2) is 0 Å². The van der Waals surface area contributed by atoms with Crippen LogP contribution in [0, 0.1) is 0 Å². The third-order valence-corrected chi connectivity index (χ3v) is 10.1. The van der Waals surface area contributed by atoms with Crippen molar-refractivity contribution in [2.45, 2.75) is 0 Å². The Kier molecular flexibility index (Phi) is 5.75. The fraction of sp³-hybridized carbons (Fsp3) is 0. The van der Waals surface area contributed by atoms with Gasteiger partial charge in [-0.1, -0.05) is 133 Å². The van der Waals surface area contributed by atoms with Crippen molar-refractivity contribution in [3.8, 4) is 39.1 Å². The van der Waals surface area contributed by atoms with E-state index in [1.807, 2.05) is 11.3 Å². The predicted octanol–water partition coefficient (Wildman–Crippen LogP) is 12.2. The molecule has 0 atom stereocenters. The van der Waals surface area contributed by atoms with Gasteiger partial charge in [-0.2, -0.15) is 0 Å². The number of hydrogen-bond acceptors (Lipinski definition) is 1. The number of aromatic nitrogens is 1.